The molecule has 0 radical (unpaired) electrons. The Morgan fingerprint density at radius 2 is 1.48 bits per heavy atom. The van der Waals surface area contributed by atoms with Crippen molar-refractivity contribution < 1.29 is 23.2 Å². The molecule has 0 aliphatic rings. The van der Waals surface area contributed by atoms with Crippen molar-refractivity contribution >= 4 is 29.1 Å². The standard InChI is InChI=1S/C21H23F2N3O3/c1-4-17(27)24-13-7-5-8-14(11-13)25-21(29)19(12(2)3)26-20(28)18-15(22)9-6-10-16(18)23/h5-12,19H,4H2,1-3H3,(H,24,27)(H,25,29)(H,26,28). The van der Waals surface area contributed by atoms with Crippen molar-refractivity contribution in [3.63, 3.8) is 0 Å². The van der Waals surface area contributed by atoms with Crippen LogP contribution in [0, 0.1) is 17.6 Å². The first-order valence-corrected chi connectivity index (χ1v) is 9.18. The Bertz CT molecular complexity index is 896. The van der Waals surface area contributed by atoms with Crippen molar-refractivity contribution in [3.8, 4) is 0 Å². The maximum absolute atomic E-state index is 13.8. The van der Waals surface area contributed by atoms with Gasteiger partial charge in [-0.2, -0.15) is 0 Å². The average molecular weight is 403 g/mol. The summed E-state index contributed by atoms with van der Waals surface area (Å²) in [6.07, 6.45) is 0.310. The van der Waals surface area contributed by atoms with E-state index in [4.69, 9.17) is 0 Å². The van der Waals surface area contributed by atoms with Gasteiger partial charge in [-0.05, 0) is 36.2 Å². The predicted octanol–water partition coefficient (Wildman–Crippen LogP) is 3.71. The monoisotopic (exact) mass is 403 g/mol. The van der Waals surface area contributed by atoms with Crippen LogP contribution in [0.2, 0.25) is 0 Å². The minimum atomic E-state index is -1.03. The van der Waals surface area contributed by atoms with Gasteiger partial charge in [0, 0.05) is 17.8 Å². The third kappa shape index (κ3) is 5.84. The molecule has 8 heteroatoms. The minimum absolute atomic E-state index is 0.173. The van der Waals surface area contributed by atoms with Crippen LogP contribution in [0.3, 0.4) is 0 Å². The van der Waals surface area contributed by atoms with E-state index in [0.29, 0.717) is 17.8 Å². The molecular weight excluding hydrogens is 380 g/mol. The lowest BCUT2D eigenvalue weighted by Crippen LogP contribution is -2.47. The zero-order valence-corrected chi connectivity index (χ0v) is 16.4. The van der Waals surface area contributed by atoms with Gasteiger partial charge in [-0.25, -0.2) is 8.78 Å². The fourth-order valence-electron chi connectivity index (χ4n) is 2.61. The molecule has 3 amide bonds. The van der Waals surface area contributed by atoms with Crippen LogP contribution in [0.25, 0.3) is 0 Å². The van der Waals surface area contributed by atoms with E-state index in [0.717, 1.165) is 18.2 Å². The van der Waals surface area contributed by atoms with Crippen LogP contribution in [0.1, 0.15) is 37.6 Å². The summed E-state index contributed by atoms with van der Waals surface area (Å²) in [6, 6.07) is 8.58. The Kier molecular flexibility index (Phi) is 7.41. The summed E-state index contributed by atoms with van der Waals surface area (Å²) in [6.45, 7) is 5.11. The molecule has 2 rings (SSSR count). The smallest absolute Gasteiger partial charge is 0.257 e. The van der Waals surface area contributed by atoms with Gasteiger partial charge in [0.05, 0.1) is 0 Å². The van der Waals surface area contributed by atoms with Crippen LogP contribution in [-0.2, 0) is 9.59 Å². The molecule has 0 heterocycles. The van der Waals surface area contributed by atoms with Gasteiger partial charge in [-0.15, -0.1) is 0 Å². The molecule has 0 spiro atoms. The summed E-state index contributed by atoms with van der Waals surface area (Å²) in [5, 5.41) is 7.72. The lowest BCUT2D eigenvalue weighted by atomic mass is 10.0. The van der Waals surface area contributed by atoms with Crippen LogP contribution in [0.4, 0.5) is 20.2 Å². The summed E-state index contributed by atoms with van der Waals surface area (Å²) in [5.74, 6) is -4.11. The minimum Gasteiger partial charge on any atom is -0.340 e. The number of rotatable bonds is 7. The summed E-state index contributed by atoms with van der Waals surface area (Å²) in [4.78, 5) is 36.5. The van der Waals surface area contributed by atoms with E-state index < -0.39 is 35.1 Å². The SMILES string of the molecule is CCC(=O)Nc1cccc(NC(=O)C(NC(=O)c2c(F)cccc2F)C(C)C)c1. The molecule has 0 aliphatic heterocycles. The van der Waals surface area contributed by atoms with Crippen molar-refractivity contribution in [1.29, 1.82) is 0 Å². The molecule has 154 valence electrons. The van der Waals surface area contributed by atoms with Crippen molar-refractivity contribution in [1.82, 2.24) is 5.32 Å². The lowest BCUT2D eigenvalue weighted by molar-refractivity contribution is -0.119. The molecule has 0 aliphatic carbocycles. The van der Waals surface area contributed by atoms with E-state index in [9.17, 15) is 23.2 Å². The highest BCUT2D eigenvalue weighted by atomic mass is 19.1. The van der Waals surface area contributed by atoms with Crippen LogP contribution in [0.15, 0.2) is 42.5 Å². The highest BCUT2D eigenvalue weighted by molar-refractivity contribution is 6.02. The Morgan fingerprint density at radius 1 is 0.931 bits per heavy atom. The maximum atomic E-state index is 13.8. The van der Waals surface area contributed by atoms with E-state index in [1.165, 1.54) is 0 Å². The second kappa shape index (κ2) is 9.77. The van der Waals surface area contributed by atoms with E-state index in [1.54, 1.807) is 45.0 Å². The Morgan fingerprint density at radius 3 is 2.03 bits per heavy atom. The van der Waals surface area contributed by atoms with Gasteiger partial charge < -0.3 is 16.0 Å². The average Bonchev–Trinajstić information content (AvgIpc) is 2.65. The molecule has 0 bridgehead atoms. The zero-order valence-electron chi connectivity index (χ0n) is 16.4. The van der Waals surface area contributed by atoms with Gasteiger partial charge in [0.1, 0.15) is 23.2 Å². The predicted molar refractivity (Wildman–Crippen MR) is 106 cm³/mol. The number of halogens is 2. The highest BCUT2D eigenvalue weighted by Gasteiger charge is 2.27. The fourth-order valence-corrected chi connectivity index (χ4v) is 2.61. The van der Waals surface area contributed by atoms with Crippen molar-refractivity contribution in [2.45, 2.75) is 33.2 Å². The fraction of sp³-hybridized carbons (Fsp3) is 0.286. The number of amides is 3. The van der Waals surface area contributed by atoms with Gasteiger partial charge in [0.25, 0.3) is 5.91 Å². The van der Waals surface area contributed by atoms with E-state index >= 15 is 0 Å². The Balaban J connectivity index is 2.15. The number of hydrogen-bond donors (Lipinski definition) is 3. The number of carbonyl (C=O) groups excluding carboxylic acids is 3. The van der Waals surface area contributed by atoms with E-state index in [-0.39, 0.29) is 11.8 Å². The van der Waals surface area contributed by atoms with E-state index in [2.05, 4.69) is 16.0 Å². The summed E-state index contributed by atoms with van der Waals surface area (Å²) >= 11 is 0. The van der Waals surface area contributed by atoms with Gasteiger partial charge in [-0.3, -0.25) is 14.4 Å². The maximum Gasteiger partial charge on any atom is 0.257 e. The molecule has 0 fully saturated rings. The van der Waals surface area contributed by atoms with E-state index in [1.807, 2.05) is 0 Å². The van der Waals surface area contributed by atoms with Crippen LogP contribution in [0.5, 0.6) is 0 Å². The van der Waals surface area contributed by atoms with Crippen molar-refractivity contribution in [2.24, 2.45) is 5.92 Å². The van der Waals surface area contributed by atoms with Gasteiger partial charge in [-0.1, -0.05) is 32.9 Å². The summed E-state index contributed by atoms with van der Waals surface area (Å²) in [5.41, 5.74) is 0.171. The number of benzene rings is 2. The van der Waals surface area contributed by atoms with Gasteiger partial charge in [0.2, 0.25) is 11.8 Å². The van der Waals surface area contributed by atoms with Crippen molar-refractivity contribution in [3.05, 3.63) is 59.7 Å². The molecule has 0 aromatic heterocycles. The second-order valence-electron chi connectivity index (χ2n) is 6.76. The number of carbonyl (C=O) groups is 3. The Labute approximate surface area is 167 Å². The lowest BCUT2D eigenvalue weighted by Gasteiger charge is -2.22. The second-order valence-corrected chi connectivity index (χ2v) is 6.76. The summed E-state index contributed by atoms with van der Waals surface area (Å²) in [7, 11) is 0. The first-order valence-electron chi connectivity index (χ1n) is 9.18. The molecule has 0 saturated carbocycles. The molecule has 6 nitrogen and oxygen atoms in total. The third-order valence-electron chi connectivity index (χ3n) is 4.16. The third-order valence-corrected chi connectivity index (χ3v) is 4.16. The first kappa shape index (κ1) is 22.0. The molecule has 2 aromatic rings. The first-order chi connectivity index (χ1) is 13.7. The number of anilines is 2. The molecule has 29 heavy (non-hydrogen) atoms. The van der Waals surface area contributed by atoms with Gasteiger partial charge in [0.15, 0.2) is 0 Å². The van der Waals surface area contributed by atoms with Crippen molar-refractivity contribution in [2.75, 3.05) is 10.6 Å². The number of nitrogens with one attached hydrogen (secondary N) is 3. The van der Waals surface area contributed by atoms with Gasteiger partial charge >= 0.3 is 0 Å². The quantitative estimate of drug-likeness (QED) is 0.659. The molecule has 3 N–H and O–H groups in total. The molecule has 0 saturated heterocycles. The number of hydrogen-bond acceptors (Lipinski definition) is 3. The normalized spacial score (nSPS) is 11.7. The largest absolute Gasteiger partial charge is 0.340 e. The topological polar surface area (TPSA) is 87.3 Å². The van der Waals surface area contributed by atoms with Crippen LogP contribution >= 0.6 is 0 Å². The summed E-state index contributed by atoms with van der Waals surface area (Å²) < 4.78 is 27.7. The molecule has 1 unspecified atom stereocenters. The van der Waals surface area contributed by atoms with Crippen LogP contribution in [-0.4, -0.2) is 23.8 Å². The molecule has 2 aromatic carbocycles. The Hall–Kier alpha value is -3.29. The highest BCUT2D eigenvalue weighted by Crippen LogP contribution is 2.17. The zero-order chi connectivity index (χ0) is 21.6. The molecule has 1 atom stereocenters. The molecular formula is C21H23F2N3O3. The van der Waals surface area contributed by atoms with Crippen LogP contribution < -0.4 is 16.0 Å².